The maximum Gasteiger partial charge on any atom is 0.0656 e. The predicted octanol–water partition coefficient (Wildman–Crippen LogP) is 2.56. The maximum atomic E-state index is 5.86. The van der Waals surface area contributed by atoms with Gasteiger partial charge in [-0.05, 0) is 30.5 Å². The van der Waals surface area contributed by atoms with Gasteiger partial charge in [0.25, 0.3) is 0 Å². The summed E-state index contributed by atoms with van der Waals surface area (Å²) in [6, 6.07) is 7.91. The Kier molecular flexibility index (Phi) is 3.62. The molecule has 0 radical (unpaired) electrons. The fourth-order valence-corrected chi connectivity index (χ4v) is 2.26. The zero-order valence-electron chi connectivity index (χ0n) is 8.66. The van der Waals surface area contributed by atoms with Gasteiger partial charge in [0, 0.05) is 24.1 Å². The van der Waals surface area contributed by atoms with E-state index in [1.165, 1.54) is 5.56 Å². The van der Waals surface area contributed by atoms with Gasteiger partial charge >= 0.3 is 0 Å². The molecule has 0 amide bonds. The van der Waals surface area contributed by atoms with Crippen LogP contribution in [0.25, 0.3) is 0 Å². The molecule has 0 aromatic heterocycles. The van der Waals surface area contributed by atoms with Gasteiger partial charge < -0.3 is 10.5 Å². The summed E-state index contributed by atoms with van der Waals surface area (Å²) in [4.78, 5) is 0. The molecule has 1 aliphatic rings. The van der Waals surface area contributed by atoms with E-state index in [4.69, 9.17) is 22.1 Å². The summed E-state index contributed by atoms with van der Waals surface area (Å²) in [6.45, 7) is 1.50. The van der Waals surface area contributed by atoms with Gasteiger partial charge in [0.2, 0.25) is 0 Å². The van der Waals surface area contributed by atoms with Crippen LogP contribution in [0.2, 0.25) is 5.02 Å². The average molecular weight is 226 g/mol. The molecule has 1 aromatic carbocycles. The minimum atomic E-state index is 0.288. The summed E-state index contributed by atoms with van der Waals surface area (Å²) in [6.07, 6.45) is 2.55. The first-order chi connectivity index (χ1) is 7.31. The van der Waals surface area contributed by atoms with Crippen molar-refractivity contribution in [1.82, 2.24) is 0 Å². The van der Waals surface area contributed by atoms with E-state index in [9.17, 15) is 0 Å². The van der Waals surface area contributed by atoms with E-state index < -0.39 is 0 Å². The van der Waals surface area contributed by atoms with Crippen molar-refractivity contribution in [3.63, 3.8) is 0 Å². The van der Waals surface area contributed by atoms with Crippen LogP contribution in [-0.4, -0.2) is 19.3 Å². The molecule has 3 heteroatoms. The monoisotopic (exact) mass is 225 g/mol. The molecule has 1 aromatic rings. The quantitative estimate of drug-likeness (QED) is 0.858. The third-order valence-corrected chi connectivity index (χ3v) is 3.22. The van der Waals surface area contributed by atoms with E-state index in [-0.39, 0.29) is 6.10 Å². The normalized spacial score (nSPS) is 22.9. The van der Waals surface area contributed by atoms with Gasteiger partial charge in [0.1, 0.15) is 0 Å². The molecular formula is C12H16ClNO. The molecule has 1 aliphatic heterocycles. The summed E-state index contributed by atoms with van der Waals surface area (Å²) in [7, 11) is 0. The minimum Gasteiger partial charge on any atom is -0.378 e. The molecule has 0 spiro atoms. The zero-order valence-corrected chi connectivity index (χ0v) is 9.41. The lowest BCUT2D eigenvalue weighted by Gasteiger charge is -2.21. The first-order valence-electron chi connectivity index (χ1n) is 5.38. The van der Waals surface area contributed by atoms with E-state index >= 15 is 0 Å². The second kappa shape index (κ2) is 4.97. The highest BCUT2D eigenvalue weighted by Gasteiger charge is 2.25. The van der Waals surface area contributed by atoms with E-state index in [1.54, 1.807) is 0 Å². The largest absolute Gasteiger partial charge is 0.378 e. The van der Waals surface area contributed by atoms with Crippen LogP contribution in [0.15, 0.2) is 24.3 Å². The van der Waals surface area contributed by atoms with Gasteiger partial charge in [-0.15, -0.1) is 0 Å². The van der Waals surface area contributed by atoms with Crippen molar-refractivity contribution in [3.05, 3.63) is 34.9 Å². The topological polar surface area (TPSA) is 35.2 Å². The van der Waals surface area contributed by atoms with Crippen molar-refractivity contribution in [3.8, 4) is 0 Å². The van der Waals surface area contributed by atoms with Crippen LogP contribution in [-0.2, 0) is 4.74 Å². The van der Waals surface area contributed by atoms with E-state index in [1.807, 2.05) is 24.3 Å². The molecule has 0 aliphatic carbocycles. The van der Waals surface area contributed by atoms with Crippen molar-refractivity contribution in [1.29, 1.82) is 0 Å². The summed E-state index contributed by atoms with van der Waals surface area (Å²) in [5, 5.41) is 0.766. The summed E-state index contributed by atoms with van der Waals surface area (Å²) >= 11 is 5.86. The van der Waals surface area contributed by atoms with Crippen molar-refractivity contribution in [2.45, 2.75) is 24.9 Å². The minimum absolute atomic E-state index is 0.288. The second-order valence-corrected chi connectivity index (χ2v) is 4.38. The van der Waals surface area contributed by atoms with E-state index in [0.29, 0.717) is 12.5 Å². The molecule has 0 saturated carbocycles. The Labute approximate surface area is 95.4 Å². The van der Waals surface area contributed by atoms with Crippen LogP contribution in [0.1, 0.15) is 24.3 Å². The maximum absolute atomic E-state index is 5.86. The predicted molar refractivity (Wildman–Crippen MR) is 62.2 cm³/mol. The average Bonchev–Trinajstić information content (AvgIpc) is 2.75. The van der Waals surface area contributed by atoms with Gasteiger partial charge in [0.05, 0.1) is 6.10 Å². The highest BCUT2D eigenvalue weighted by atomic mass is 35.5. The molecule has 82 valence electrons. The Morgan fingerprint density at radius 3 is 2.67 bits per heavy atom. The lowest BCUT2D eigenvalue weighted by atomic mass is 9.92. The number of nitrogens with two attached hydrogens (primary N) is 1. The van der Waals surface area contributed by atoms with Crippen molar-refractivity contribution in [2.75, 3.05) is 13.2 Å². The third kappa shape index (κ3) is 2.51. The Bertz CT molecular complexity index is 306. The Morgan fingerprint density at radius 2 is 2.13 bits per heavy atom. The van der Waals surface area contributed by atoms with Gasteiger partial charge in [0.15, 0.2) is 0 Å². The Morgan fingerprint density at radius 1 is 1.40 bits per heavy atom. The van der Waals surface area contributed by atoms with Gasteiger partial charge in [-0.3, -0.25) is 0 Å². The molecule has 2 rings (SSSR count). The van der Waals surface area contributed by atoms with Crippen LogP contribution in [0, 0.1) is 0 Å². The van der Waals surface area contributed by atoms with Crippen LogP contribution < -0.4 is 5.73 Å². The first-order valence-corrected chi connectivity index (χ1v) is 5.76. The summed E-state index contributed by atoms with van der Waals surface area (Å²) < 4.78 is 5.68. The fraction of sp³-hybridized carbons (Fsp3) is 0.500. The van der Waals surface area contributed by atoms with Gasteiger partial charge in [-0.25, -0.2) is 0 Å². The smallest absolute Gasteiger partial charge is 0.0656 e. The lowest BCUT2D eigenvalue weighted by molar-refractivity contribution is 0.0905. The number of halogens is 1. The number of hydrogen-bond donors (Lipinski definition) is 1. The third-order valence-electron chi connectivity index (χ3n) is 2.97. The van der Waals surface area contributed by atoms with Crippen molar-refractivity contribution < 1.29 is 4.74 Å². The highest BCUT2D eigenvalue weighted by molar-refractivity contribution is 6.30. The van der Waals surface area contributed by atoms with E-state index in [2.05, 4.69) is 0 Å². The van der Waals surface area contributed by atoms with Crippen LogP contribution >= 0.6 is 11.6 Å². The molecular weight excluding hydrogens is 210 g/mol. The SMILES string of the molecule is NCC(c1ccc(Cl)cc1)C1CCCO1. The standard InChI is InChI=1S/C12H16ClNO/c13-10-5-3-9(4-6-10)11(8-14)12-2-1-7-15-12/h3-6,11-12H,1-2,7-8,14H2. The molecule has 15 heavy (non-hydrogen) atoms. The van der Waals surface area contributed by atoms with Gasteiger partial charge in [-0.2, -0.15) is 0 Å². The molecule has 2 atom stereocenters. The number of rotatable bonds is 3. The van der Waals surface area contributed by atoms with Crippen molar-refractivity contribution >= 4 is 11.6 Å². The number of benzene rings is 1. The molecule has 0 bridgehead atoms. The fourth-order valence-electron chi connectivity index (χ4n) is 2.13. The number of hydrogen-bond acceptors (Lipinski definition) is 2. The highest BCUT2D eigenvalue weighted by Crippen LogP contribution is 2.28. The second-order valence-electron chi connectivity index (χ2n) is 3.95. The molecule has 1 saturated heterocycles. The summed E-state index contributed by atoms with van der Waals surface area (Å²) in [5.74, 6) is 0.310. The van der Waals surface area contributed by atoms with Crippen LogP contribution in [0.3, 0.4) is 0 Å². The van der Waals surface area contributed by atoms with E-state index in [0.717, 1.165) is 24.5 Å². The zero-order chi connectivity index (χ0) is 10.7. The Hall–Kier alpha value is -0.570. The molecule has 2 N–H and O–H groups in total. The van der Waals surface area contributed by atoms with Crippen molar-refractivity contribution in [2.24, 2.45) is 5.73 Å². The van der Waals surface area contributed by atoms with Crippen LogP contribution in [0.5, 0.6) is 0 Å². The van der Waals surface area contributed by atoms with Crippen LogP contribution in [0.4, 0.5) is 0 Å². The molecule has 2 unspecified atom stereocenters. The molecule has 1 fully saturated rings. The first kappa shape index (κ1) is 10.9. The lowest BCUT2D eigenvalue weighted by Crippen LogP contribution is -2.25. The summed E-state index contributed by atoms with van der Waals surface area (Å²) in [5.41, 5.74) is 7.04. The Balaban J connectivity index is 2.14. The van der Waals surface area contributed by atoms with Gasteiger partial charge in [-0.1, -0.05) is 23.7 Å². The molecule has 1 heterocycles. The molecule has 2 nitrogen and oxygen atoms in total. The number of ether oxygens (including phenoxy) is 1.